The zero-order valence-corrected chi connectivity index (χ0v) is 7.61. The zero-order chi connectivity index (χ0) is 9.84. The monoisotopic (exact) mass is 180 g/mol. The molecule has 5 heteroatoms. The Bertz CT molecular complexity index is 335. The Hall–Kier alpha value is -1.78. The van der Waals surface area contributed by atoms with E-state index in [0.29, 0.717) is 22.9 Å². The summed E-state index contributed by atoms with van der Waals surface area (Å²) in [6.07, 6.45) is 1.60. The molecule has 0 aliphatic heterocycles. The Balaban J connectivity index is 3.20. The second-order valence-corrected chi connectivity index (χ2v) is 2.45. The van der Waals surface area contributed by atoms with Gasteiger partial charge in [0.05, 0.1) is 12.8 Å². The molecule has 4 N–H and O–H groups in total. The summed E-state index contributed by atoms with van der Waals surface area (Å²) < 4.78 is 4.90. The Morgan fingerprint density at radius 1 is 1.54 bits per heavy atom. The first-order valence-electron chi connectivity index (χ1n) is 3.71. The van der Waals surface area contributed by atoms with Crippen molar-refractivity contribution >= 4 is 17.7 Å². The van der Waals surface area contributed by atoms with E-state index in [1.54, 1.807) is 19.3 Å². The van der Waals surface area contributed by atoms with Crippen molar-refractivity contribution < 1.29 is 4.74 Å². The fraction of sp³-hybridized carbons (Fsp3) is 0.250. The Labute approximate surface area is 76.4 Å². The third-order valence-electron chi connectivity index (χ3n) is 1.54. The van der Waals surface area contributed by atoms with Gasteiger partial charge >= 0.3 is 0 Å². The first-order chi connectivity index (χ1) is 6.19. The van der Waals surface area contributed by atoms with E-state index in [1.807, 2.05) is 0 Å². The summed E-state index contributed by atoms with van der Waals surface area (Å²) in [4.78, 5) is 7.77. The van der Waals surface area contributed by atoms with E-state index in [4.69, 9.17) is 16.2 Å². The molecule has 0 saturated carbocycles. The lowest BCUT2D eigenvalue weighted by molar-refractivity contribution is 0.401. The quantitative estimate of drug-likeness (QED) is 0.641. The number of hydrogen-bond donors (Lipinski definition) is 2. The van der Waals surface area contributed by atoms with Crippen LogP contribution >= 0.6 is 0 Å². The van der Waals surface area contributed by atoms with Gasteiger partial charge < -0.3 is 16.2 Å². The maximum atomic E-state index is 5.63. The highest BCUT2D eigenvalue weighted by molar-refractivity contribution is 5.87. The number of hydrogen-bond acceptors (Lipinski definition) is 5. The molecule has 0 spiro atoms. The summed E-state index contributed by atoms with van der Waals surface area (Å²) in [6, 6.07) is 1.67. The Morgan fingerprint density at radius 2 is 2.23 bits per heavy atom. The number of nitrogens with two attached hydrogens (primary N) is 2. The molecule has 0 fully saturated rings. The van der Waals surface area contributed by atoms with Gasteiger partial charge in [-0.1, -0.05) is 0 Å². The maximum absolute atomic E-state index is 5.63. The standard InChI is InChI=1S/C8H12N4O/c1-11-4-5-3-6(9)8(13-2)12-7(5)10/h3-4H,9H2,1-2H3,(H2,10,12). The van der Waals surface area contributed by atoms with Crippen molar-refractivity contribution in [3.8, 4) is 5.88 Å². The van der Waals surface area contributed by atoms with Gasteiger partial charge in [-0.15, -0.1) is 0 Å². The third kappa shape index (κ3) is 1.87. The molecule has 0 amide bonds. The fourth-order valence-electron chi connectivity index (χ4n) is 0.948. The molecular weight excluding hydrogens is 168 g/mol. The molecule has 0 atom stereocenters. The molecule has 0 bridgehead atoms. The number of anilines is 2. The Kier molecular flexibility index (Phi) is 2.69. The maximum Gasteiger partial charge on any atom is 0.238 e. The molecule has 0 unspecified atom stereocenters. The molecule has 0 radical (unpaired) electrons. The second-order valence-electron chi connectivity index (χ2n) is 2.45. The van der Waals surface area contributed by atoms with Gasteiger partial charge in [0.2, 0.25) is 5.88 Å². The van der Waals surface area contributed by atoms with E-state index in [1.165, 1.54) is 7.11 Å². The van der Waals surface area contributed by atoms with Crippen LogP contribution in [0.25, 0.3) is 0 Å². The minimum atomic E-state index is 0.339. The van der Waals surface area contributed by atoms with Crippen LogP contribution in [0, 0.1) is 0 Å². The van der Waals surface area contributed by atoms with Gasteiger partial charge in [-0.2, -0.15) is 4.98 Å². The van der Waals surface area contributed by atoms with Crippen LogP contribution < -0.4 is 16.2 Å². The van der Waals surface area contributed by atoms with Crippen LogP contribution in [-0.2, 0) is 0 Å². The van der Waals surface area contributed by atoms with Gasteiger partial charge in [0.15, 0.2) is 0 Å². The van der Waals surface area contributed by atoms with Crippen LogP contribution in [0.15, 0.2) is 11.1 Å². The number of nitrogen functional groups attached to an aromatic ring is 2. The predicted molar refractivity (Wildman–Crippen MR) is 53.1 cm³/mol. The summed E-state index contributed by atoms with van der Waals surface area (Å²) in [6.45, 7) is 0. The van der Waals surface area contributed by atoms with E-state index in [-0.39, 0.29) is 0 Å². The molecule has 0 saturated heterocycles. The number of aromatic nitrogens is 1. The van der Waals surface area contributed by atoms with Gasteiger partial charge in [-0.3, -0.25) is 4.99 Å². The average molecular weight is 180 g/mol. The highest BCUT2D eigenvalue weighted by Crippen LogP contribution is 2.21. The average Bonchev–Trinajstić information content (AvgIpc) is 2.11. The molecule has 1 aromatic rings. The predicted octanol–water partition coefficient (Wildman–Crippen LogP) is 0.303. The highest BCUT2D eigenvalue weighted by atomic mass is 16.5. The minimum Gasteiger partial charge on any atom is -0.479 e. The molecule has 5 nitrogen and oxygen atoms in total. The summed E-state index contributed by atoms with van der Waals surface area (Å²) in [7, 11) is 3.14. The number of methoxy groups -OCH3 is 1. The van der Waals surface area contributed by atoms with E-state index in [0.717, 1.165) is 0 Å². The van der Waals surface area contributed by atoms with Gasteiger partial charge in [-0.05, 0) is 6.07 Å². The van der Waals surface area contributed by atoms with Crippen LogP contribution in [0.5, 0.6) is 5.88 Å². The van der Waals surface area contributed by atoms with Gasteiger partial charge in [0.25, 0.3) is 0 Å². The molecule has 1 heterocycles. The highest BCUT2D eigenvalue weighted by Gasteiger charge is 2.05. The third-order valence-corrected chi connectivity index (χ3v) is 1.54. The first kappa shape index (κ1) is 9.31. The smallest absolute Gasteiger partial charge is 0.238 e. The van der Waals surface area contributed by atoms with Gasteiger partial charge in [0.1, 0.15) is 5.82 Å². The lowest BCUT2D eigenvalue weighted by Gasteiger charge is -2.05. The number of nitrogens with zero attached hydrogens (tertiary/aromatic N) is 2. The van der Waals surface area contributed by atoms with Crippen molar-refractivity contribution in [1.29, 1.82) is 0 Å². The number of aliphatic imine (C=N–C) groups is 1. The normalized spacial score (nSPS) is 10.6. The zero-order valence-electron chi connectivity index (χ0n) is 7.61. The van der Waals surface area contributed by atoms with Crippen molar-refractivity contribution in [2.24, 2.45) is 4.99 Å². The topological polar surface area (TPSA) is 86.5 Å². The number of rotatable bonds is 2. The van der Waals surface area contributed by atoms with Gasteiger partial charge in [-0.25, -0.2) is 0 Å². The molecule has 13 heavy (non-hydrogen) atoms. The van der Waals surface area contributed by atoms with E-state index < -0.39 is 0 Å². The second kappa shape index (κ2) is 3.75. The summed E-state index contributed by atoms with van der Waals surface area (Å²) in [5, 5.41) is 0. The van der Waals surface area contributed by atoms with Crippen molar-refractivity contribution in [3.05, 3.63) is 11.6 Å². The van der Waals surface area contributed by atoms with Crippen molar-refractivity contribution in [1.82, 2.24) is 4.98 Å². The lowest BCUT2D eigenvalue weighted by atomic mass is 10.2. The molecule has 1 rings (SSSR count). The van der Waals surface area contributed by atoms with E-state index >= 15 is 0 Å². The molecule has 0 aliphatic rings. The van der Waals surface area contributed by atoms with Crippen LogP contribution in [-0.4, -0.2) is 25.4 Å². The van der Waals surface area contributed by atoms with E-state index in [9.17, 15) is 0 Å². The van der Waals surface area contributed by atoms with Gasteiger partial charge in [0, 0.05) is 18.8 Å². The van der Waals surface area contributed by atoms with E-state index in [2.05, 4.69) is 9.98 Å². The summed E-state index contributed by atoms with van der Waals surface area (Å²) in [5.74, 6) is 0.697. The lowest BCUT2D eigenvalue weighted by Crippen LogP contribution is -2.02. The molecule has 70 valence electrons. The van der Waals surface area contributed by atoms with Crippen LogP contribution in [0.3, 0.4) is 0 Å². The Morgan fingerprint density at radius 3 is 2.77 bits per heavy atom. The molecular formula is C8H12N4O. The van der Waals surface area contributed by atoms with Crippen molar-refractivity contribution in [2.75, 3.05) is 25.6 Å². The molecule has 1 aromatic heterocycles. The van der Waals surface area contributed by atoms with Crippen molar-refractivity contribution in [2.45, 2.75) is 0 Å². The van der Waals surface area contributed by atoms with Crippen LogP contribution in [0.2, 0.25) is 0 Å². The number of pyridine rings is 1. The minimum absolute atomic E-state index is 0.339. The fourth-order valence-corrected chi connectivity index (χ4v) is 0.948. The first-order valence-corrected chi connectivity index (χ1v) is 3.71. The van der Waals surface area contributed by atoms with Crippen LogP contribution in [0.4, 0.5) is 11.5 Å². The van der Waals surface area contributed by atoms with Crippen molar-refractivity contribution in [3.63, 3.8) is 0 Å². The van der Waals surface area contributed by atoms with Crippen LogP contribution in [0.1, 0.15) is 5.56 Å². The molecule has 0 aromatic carbocycles. The largest absolute Gasteiger partial charge is 0.479 e. The summed E-state index contributed by atoms with van der Waals surface area (Å²) in [5.41, 5.74) is 12.4. The molecule has 0 aliphatic carbocycles. The summed E-state index contributed by atoms with van der Waals surface area (Å²) >= 11 is 0. The number of ether oxygens (including phenoxy) is 1. The SMILES string of the molecule is CN=Cc1cc(N)c(OC)nc1N.